The summed E-state index contributed by atoms with van der Waals surface area (Å²) in [5.41, 5.74) is 6.81. The van der Waals surface area contributed by atoms with Crippen molar-refractivity contribution < 1.29 is 4.79 Å². The first-order valence-electron chi connectivity index (χ1n) is 5.87. The number of likely N-dealkylation sites (N-methyl/N-ethyl adjacent to an activating group) is 1. The van der Waals surface area contributed by atoms with Crippen molar-refractivity contribution in [1.29, 1.82) is 0 Å². The molecule has 1 amide bonds. The fourth-order valence-electron chi connectivity index (χ4n) is 1.79. The van der Waals surface area contributed by atoms with E-state index in [0.29, 0.717) is 6.54 Å². The van der Waals surface area contributed by atoms with Crippen LogP contribution < -0.4 is 5.73 Å². The Bertz CT molecular complexity index is 556. The first-order chi connectivity index (χ1) is 9.08. The fraction of sp³-hybridized carbons (Fsp3) is 0.214. The van der Waals surface area contributed by atoms with Gasteiger partial charge >= 0.3 is 0 Å². The standard InChI is InChI=1S/C14H15ClN2OS/c1-17(9-11-7-8-12(15)19-11)14(18)13(16)10-5-3-2-4-6-10/h2-8,13H,9,16H2,1H3/t13-/m1/s1. The third-order valence-electron chi connectivity index (χ3n) is 2.82. The predicted molar refractivity (Wildman–Crippen MR) is 79.2 cm³/mol. The van der Waals surface area contributed by atoms with E-state index >= 15 is 0 Å². The Labute approximate surface area is 121 Å². The molecule has 1 aromatic carbocycles. The highest BCUT2D eigenvalue weighted by molar-refractivity contribution is 7.16. The summed E-state index contributed by atoms with van der Waals surface area (Å²) in [6, 6.07) is 12.5. The molecule has 0 aliphatic rings. The van der Waals surface area contributed by atoms with Gasteiger partial charge < -0.3 is 10.6 Å². The highest BCUT2D eigenvalue weighted by atomic mass is 35.5. The van der Waals surface area contributed by atoms with Crippen molar-refractivity contribution in [3.05, 3.63) is 57.2 Å². The lowest BCUT2D eigenvalue weighted by Gasteiger charge is -2.21. The number of hydrogen-bond donors (Lipinski definition) is 1. The van der Waals surface area contributed by atoms with Crippen LogP contribution in [-0.2, 0) is 11.3 Å². The fourth-order valence-corrected chi connectivity index (χ4v) is 2.93. The summed E-state index contributed by atoms with van der Waals surface area (Å²) in [6.07, 6.45) is 0. The molecule has 100 valence electrons. The van der Waals surface area contributed by atoms with Gasteiger partial charge in [0, 0.05) is 11.9 Å². The second-order valence-corrected chi connectivity index (χ2v) is 6.09. The van der Waals surface area contributed by atoms with Crippen LogP contribution in [0.15, 0.2) is 42.5 Å². The zero-order chi connectivity index (χ0) is 13.8. The van der Waals surface area contributed by atoms with Crippen molar-refractivity contribution in [3.8, 4) is 0 Å². The minimum absolute atomic E-state index is 0.101. The number of carbonyl (C=O) groups excluding carboxylic acids is 1. The number of hydrogen-bond acceptors (Lipinski definition) is 3. The van der Waals surface area contributed by atoms with Crippen LogP contribution in [0, 0.1) is 0 Å². The lowest BCUT2D eigenvalue weighted by molar-refractivity contribution is -0.131. The van der Waals surface area contributed by atoms with E-state index in [1.54, 1.807) is 11.9 Å². The molecular formula is C14H15ClN2OS. The Morgan fingerprint density at radius 2 is 2.00 bits per heavy atom. The number of halogens is 1. The van der Waals surface area contributed by atoms with Gasteiger partial charge in [0.05, 0.1) is 10.9 Å². The molecule has 0 unspecified atom stereocenters. The number of carbonyl (C=O) groups is 1. The molecule has 0 radical (unpaired) electrons. The van der Waals surface area contributed by atoms with Crippen molar-refractivity contribution in [3.63, 3.8) is 0 Å². The number of benzene rings is 1. The van der Waals surface area contributed by atoms with E-state index in [2.05, 4.69) is 0 Å². The second-order valence-electron chi connectivity index (χ2n) is 4.29. The van der Waals surface area contributed by atoms with Gasteiger partial charge in [0.25, 0.3) is 0 Å². The molecule has 0 fully saturated rings. The maximum Gasteiger partial charge on any atom is 0.244 e. The summed E-state index contributed by atoms with van der Waals surface area (Å²) in [7, 11) is 1.75. The maximum atomic E-state index is 12.2. The average molecular weight is 295 g/mol. The summed E-state index contributed by atoms with van der Waals surface area (Å²) in [5.74, 6) is -0.101. The largest absolute Gasteiger partial charge is 0.339 e. The SMILES string of the molecule is CN(Cc1ccc(Cl)s1)C(=O)[C@H](N)c1ccccc1. The van der Waals surface area contributed by atoms with E-state index in [9.17, 15) is 4.79 Å². The molecule has 0 saturated carbocycles. The molecule has 1 atom stereocenters. The van der Waals surface area contributed by atoms with E-state index in [4.69, 9.17) is 17.3 Å². The average Bonchev–Trinajstić information content (AvgIpc) is 2.83. The van der Waals surface area contributed by atoms with Crippen molar-refractivity contribution >= 4 is 28.8 Å². The Balaban J connectivity index is 2.03. The van der Waals surface area contributed by atoms with E-state index in [-0.39, 0.29) is 5.91 Å². The molecule has 2 aromatic rings. The summed E-state index contributed by atoms with van der Waals surface area (Å²) >= 11 is 7.34. The van der Waals surface area contributed by atoms with Crippen molar-refractivity contribution in [2.75, 3.05) is 7.05 Å². The Morgan fingerprint density at radius 3 is 2.58 bits per heavy atom. The number of nitrogens with zero attached hydrogens (tertiary/aromatic N) is 1. The van der Waals surface area contributed by atoms with Crippen LogP contribution in [0.1, 0.15) is 16.5 Å². The second kappa shape index (κ2) is 6.19. The number of nitrogens with two attached hydrogens (primary N) is 1. The molecular weight excluding hydrogens is 280 g/mol. The van der Waals surface area contributed by atoms with Crippen molar-refractivity contribution in [2.24, 2.45) is 5.73 Å². The Kier molecular flexibility index (Phi) is 4.58. The normalized spacial score (nSPS) is 12.2. The molecule has 0 bridgehead atoms. The molecule has 19 heavy (non-hydrogen) atoms. The van der Waals surface area contributed by atoms with Gasteiger partial charge in [-0.2, -0.15) is 0 Å². The van der Waals surface area contributed by atoms with Gasteiger partial charge in [-0.05, 0) is 17.7 Å². The van der Waals surface area contributed by atoms with Gasteiger partial charge in [0.2, 0.25) is 5.91 Å². The minimum atomic E-state index is -0.623. The molecule has 1 heterocycles. The summed E-state index contributed by atoms with van der Waals surface area (Å²) in [6.45, 7) is 0.525. The van der Waals surface area contributed by atoms with Crippen LogP contribution in [0.4, 0.5) is 0 Å². The quantitative estimate of drug-likeness (QED) is 0.942. The molecule has 0 spiro atoms. The zero-order valence-electron chi connectivity index (χ0n) is 10.5. The molecule has 2 rings (SSSR count). The van der Waals surface area contributed by atoms with Gasteiger partial charge in [0.15, 0.2) is 0 Å². The van der Waals surface area contributed by atoms with E-state index in [0.717, 1.165) is 14.8 Å². The minimum Gasteiger partial charge on any atom is -0.339 e. The lowest BCUT2D eigenvalue weighted by Crippen LogP contribution is -2.35. The van der Waals surface area contributed by atoms with Gasteiger partial charge in [-0.15, -0.1) is 11.3 Å². The van der Waals surface area contributed by atoms with Crippen LogP contribution >= 0.6 is 22.9 Å². The predicted octanol–water partition coefficient (Wildman–Crippen LogP) is 3.06. The lowest BCUT2D eigenvalue weighted by atomic mass is 10.1. The third-order valence-corrected chi connectivity index (χ3v) is 4.04. The highest BCUT2D eigenvalue weighted by Crippen LogP contribution is 2.23. The van der Waals surface area contributed by atoms with Crippen LogP contribution in [0.2, 0.25) is 4.34 Å². The zero-order valence-corrected chi connectivity index (χ0v) is 12.1. The van der Waals surface area contributed by atoms with E-state index in [1.165, 1.54) is 11.3 Å². The number of thiophene rings is 1. The van der Waals surface area contributed by atoms with Crippen LogP contribution in [-0.4, -0.2) is 17.9 Å². The van der Waals surface area contributed by atoms with E-state index in [1.807, 2.05) is 42.5 Å². The number of rotatable bonds is 4. The molecule has 0 saturated heterocycles. The van der Waals surface area contributed by atoms with Gasteiger partial charge in [-0.1, -0.05) is 41.9 Å². The van der Waals surface area contributed by atoms with Crippen LogP contribution in [0.5, 0.6) is 0 Å². The summed E-state index contributed by atoms with van der Waals surface area (Å²) < 4.78 is 0.725. The third kappa shape index (κ3) is 3.56. The van der Waals surface area contributed by atoms with Gasteiger partial charge in [-0.3, -0.25) is 4.79 Å². The van der Waals surface area contributed by atoms with Crippen LogP contribution in [0.25, 0.3) is 0 Å². The topological polar surface area (TPSA) is 46.3 Å². The van der Waals surface area contributed by atoms with Gasteiger partial charge in [-0.25, -0.2) is 0 Å². The highest BCUT2D eigenvalue weighted by Gasteiger charge is 2.20. The number of amides is 1. The van der Waals surface area contributed by atoms with Crippen LogP contribution in [0.3, 0.4) is 0 Å². The molecule has 1 aromatic heterocycles. The monoisotopic (exact) mass is 294 g/mol. The van der Waals surface area contributed by atoms with E-state index < -0.39 is 6.04 Å². The Morgan fingerprint density at radius 1 is 1.32 bits per heavy atom. The Hall–Kier alpha value is -1.36. The molecule has 3 nitrogen and oxygen atoms in total. The summed E-state index contributed by atoms with van der Waals surface area (Å²) in [5, 5.41) is 0. The molecule has 0 aliphatic heterocycles. The summed E-state index contributed by atoms with van der Waals surface area (Å²) in [4.78, 5) is 14.9. The molecule has 0 aliphatic carbocycles. The van der Waals surface area contributed by atoms with Crippen molar-refractivity contribution in [2.45, 2.75) is 12.6 Å². The molecule has 5 heteroatoms. The maximum absolute atomic E-state index is 12.2. The first-order valence-corrected chi connectivity index (χ1v) is 7.07. The first kappa shape index (κ1) is 14.1. The smallest absolute Gasteiger partial charge is 0.244 e. The molecule has 2 N–H and O–H groups in total. The van der Waals surface area contributed by atoms with Gasteiger partial charge in [0.1, 0.15) is 6.04 Å². The van der Waals surface area contributed by atoms with Crippen molar-refractivity contribution in [1.82, 2.24) is 4.90 Å².